The summed E-state index contributed by atoms with van der Waals surface area (Å²) in [5.41, 5.74) is 0. The summed E-state index contributed by atoms with van der Waals surface area (Å²) in [6.07, 6.45) is 8.74. The van der Waals surface area contributed by atoms with Crippen LogP contribution in [0.4, 0.5) is 0 Å². The van der Waals surface area contributed by atoms with E-state index in [0.29, 0.717) is 13.0 Å². The zero-order valence-corrected chi connectivity index (χ0v) is 10.2. The molecule has 0 aromatic heterocycles. The Bertz CT molecular complexity index is 249. The van der Waals surface area contributed by atoms with Crippen LogP contribution in [0.5, 0.6) is 0 Å². The first-order valence-electron chi connectivity index (χ1n) is 6.37. The molecule has 1 amide bonds. The first-order valence-corrected chi connectivity index (χ1v) is 6.37. The predicted molar refractivity (Wildman–Crippen MR) is 63.7 cm³/mol. The first kappa shape index (κ1) is 13.0. The van der Waals surface area contributed by atoms with E-state index in [9.17, 15) is 4.79 Å². The molecule has 0 aliphatic heterocycles. The minimum Gasteiger partial charge on any atom is -0.344 e. The van der Waals surface area contributed by atoms with Crippen LogP contribution >= 0.6 is 0 Å². The van der Waals surface area contributed by atoms with Crippen LogP contribution in [0.25, 0.3) is 0 Å². The van der Waals surface area contributed by atoms with Crippen molar-refractivity contribution in [1.82, 2.24) is 4.90 Å². The van der Waals surface area contributed by atoms with Gasteiger partial charge in [0.25, 0.3) is 0 Å². The van der Waals surface area contributed by atoms with E-state index in [1.165, 1.54) is 32.1 Å². The molecule has 3 nitrogen and oxygen atoms in total. The quantitative estimate of drug-likeness (QED) is 0.737. The van der Waals surface area contributed by atoms with Gasteiger partial charge < -0.3 is 4.90 Å². The summed E-state index contributed by atoms with van der Waals surface area (Å²) in [6, 6.07) is 2.08. The summed E-state index contributed by atoms with van der Waals surface area (Å²) in [5, 5.41) is 8.50. The van der Waals surface area contributed by atoms with Gasteiger partial charge in [-0.15, -0.1) is 0 Å². The van der Waals surface area contributed by atoms with E-state index < -0.39 is 0 Å². The molecule has 0 radical (unpaired) electrons. The highest BCUT2D eigenvalue weighted by atomic mass is 16.2. The topological polar surface area (TPSA) is 44.1 Å². The largest absolute Gasteiger partial charge is 0.344 e. The lowest BCUT2D eigenvalue weighted by Crippen LogP contribution is -2.33. The molecule has 3 heteroatoms. The lowest BCUT2D eigenvalue weighted by Gasteiger charge is -2.24. The Hall–Kier alpha value is -1.04. The van der Waals surface area contributed by atoms with E-state index in [1.807, 2.05) is 7.05 Å². The Labute approximate surface area is 98.4 Å². The van der Waals surface area contributed by atoms with Crippen LogP contribution in [0.3, 0.4) is 0 Å². The molecule has 0 atom stereocenters. The zero-order valence-electron chi connectivity index (χ0n) is 10.2. The number of carbonyl (C=O) groups excluding carboxylic acids is 1. The molecule has 0 bridgehead atoms. The number of carbonyl (C=O) groups is 1. The average molecular weight is 222 g/mol. The molecule has 0 aromatic carbocycles. The van der Waals surface area contributed by atoms with E-state index in [2.05, 4.69) is 6.07 Å². The Morgan fingerprint density at radius 2 is 1.81 bits per heavy atom. The first-order chi connectivity index (χ1) is 7.75. The SMILES string of the molecule is CN(CCC#N)C(=O)C1CCCCCCC1. The molecule has 0 saturated heterocycles. The molecule has 0 spiro atoms. The Balaban J connectivity index is 2.40. The van der Waals surface area contributed by atoms with Crippen LogP contribution < -0.4 is 0 Å². The van der Waals surface area contributed by atoms with E-state index in [4.69, 9.17) is 5.26 Å². The fourth-order valence-electron chi connectivity index (χ4n) is 2.34. The van der Waals surface area contributed by atoms with Crippen LogP contribution in [-0.2, 0) is 4.79 Å². The maximum atomic E-state index is 12.1. The van der Waals surface area contributed by atoms with E-state index in [0.717, 1.165) is 12.8 Å². The Morgan fingerprint density at radius 1 is 1.25 bits per heavy atom. The number of nitriles is 1. The summed E-state index contributed by atoms with van der Waals surface area (Å²) in [6.45, 7) is 0.575. The minimum absolute atomic E-state index is 0.212. The molecule has 90 valence electrons. The lowest BCUT2D eigenvalue weighted by atomic mass is 9.90. The maximum absolute atomic E-state index is 12.1. The van der Waals surface area contributed by atoms with Crippen molar-refractivity contribution in [3.63, 3.8) is 0 Å². The summed E-state index contributed by atoms with van der Waals surface area (Å²) in [5.74, 6) is 0.459. The van der Waals surface area contributed by atoms with Crippen molar-refractivity contribution < 1.29 is 4.79 Å². The van der Waals surface area contributed by atoms with E-state index >= 15 is 0 Å². The van der Waals surface area contributed by atoms with Crippen LogP contribution in [0.15, 0.2) is 0 Å². The Morgan fingerprint density at radius 3 is 2.38 bits per heavy atom. The standard InChI is InChI=1S/C13H22N2O/c1-15(11-7-10-14)13(16)12-8-5-3-2-4-6-9-12/h12H,2-9,11H2,1H3. The van der Waals surface area contributed by atoms with Gasteiger partial charge in [0, 0.05) is 19.5 Å². The third-order valence-electron chi connectivity index (χ3n) is 3.39. The summed E-state index contributed by atoms with van der Waals surface area (Å²) >= 11 is 0. The lowest BCUT2D eigenvalue weighted by molar-refractivity contribution is -0.134. The second-order valence-electron chi connectivity index (χ2n) is 4.71. The van der Waals surface area contributed by atoms with Crippen molar-refractivity contribution in [3.05, 3.63) is 0 Å². The van der Waals surface area contributed by atoms with Crippen LogP contribution in [0.2, 0.25) is 0 Å². The summed E-state index contributed by atoms with van der Waals surface area (Å²) in [4.78, 5) is 13.8. The molecule has 0 unspecified atom stereocenters. The van der Waals surface area contributed by atoms with Crippen molar-refractivity contribution in [2.24, 2.45) is 5.92 Å². The number of nitrogens with zero attached hydrogens (tertiary/aromatic N) is 2. The highest BCUT2D eigenvalue weighted by Gasteiger charge is 2.21. The van der Waals surface area contributed by atoms with E-state index in [1.54, 1.807) is 4.90 Å². The Kier molecular flexibility index (Phi) is 5.92. The van der Waals surface area contributed by atoms with Gasteiger partial charge in [-0.25, -0.2) is 0 Å². The van der Waals surface area contributed by atoms with Gasteiger partial charge in [-0.1, -0.05) is 32.1 Å². The third-order valence-corrected chi connectivity index (χ3v) is 3.39. The summed E-state index contributed by atoms with van der Waals surface area (Å²) in [7, 11) is 1.82. The molecule has 1 saturated carbocycles. The second-order valence-corrected chi connectivity index (χ2v) is 4.71. The van der Waals surface area contributed by atoms with Crippen molar-refractivity contribution >= 4 is 5.91 Å². The van der Waals surface area contributed by atoms with Gasteiger partial charge in [-0.05, 0) is 12.8 Å². The molecule has 1 rings (SSSR count). The minimum atomic E-state index is 0.212. The number of amides is 1. The van der Waals surface area contributed by atoms with Gasteiger partial charge in [0.2, 0.25) is 5.91 Å². The normalized spacial score (nSPS) is 18.2. The summed E-state index contributed by atoms with van der Waals surface area (Å²) < 4.78 is 0. The molecule has 16 heavy (non-hydrogen) atoms. The molecule has 1 aliphatic rings. The van der Waals surface area contributed by atoms with Gasteiger partial charge in [-0.3, -0.25) is 4.79 Å². The molecular weight excluding hydrogens is 200 g/mol. The third kappa shape index (κ3) is 4.22. The van der Waals surface area contributed by atoms with Gasteiger partial charge >= 0.3 is 0 Å². The molecule has 0 aromatic rings. The molecule has 1 aliphatic carbocycles. The monoisotopic (exact) mass is 222 g/mol. The number of hydrogen-bond donors (Lipinski definition) is 0. The van der Waals surface area contributed by atoms with Gasteiger partial charge in [0.1, 0.15) is 0 Å². The van der Waals surface area contributed by atoms with Crippen LogP contribution in [0, 0.1) is 17.2 Å². The fraction of sp³-hybridized carbons (Fsp3) is 0.846. The molecular formula is C13H22N2O. The highest BCUT2D eigenvalue weighted by Crippen LogP contribution is 2.23. The van der Waals surface area contributed by atoms with Gasteiger partial charge in [0.05, 0.1) is 12.5 Å². The molecule has 1 fully saturated rings. The van der Waals surface area contributed by atoms with Gasteiger partial charge in [-0.2, -0.15) is 5.26 Å². The smallest absolute Gasteiger partial charge is 0.225 e. The van der Waals surface area contributed by atoms with Crippen LogP contribution in [0.1, 0.15) is 51.4 Å². The van der Waals surface area contributed by atoms with Crippen molar-refractivity contribution in [1.29, 1.82) is 5.26 Å². The second kappa shape index (κ2) is 7.27. The van der Waals surface area contributed by atoms with Crippen molar-refractivity contribution in [3.8, 4) is 6.07 Å². The average Bonchev–Trinajstić information content (AvgIpc) is 2.24. The predicted octanol–water partition coefficient (Wildman–Crippen LogP) is 2.72. The van der Waals surface area contributed by atoms with Gasteiger partial charge in [0.15, 0.2) is 0 Å². The fourth-order valence-corrected chi connectivity index (χ4v) is 2.34. The van der Waals surface area contributed by atoms with Crippen LogP contribution in [-0.4, -0.2) is 24.4 Å². The van der Waals surface area contributed by atoms with Crippen molar-refractivity contribution in [2.45, 2.75) is 51.4 Å². The van der Waals surface area contributed by atoms with Crippen molar-refractivity contribution in [2.75, 3.05) is 13.6 Å². The molecule has 0 N–H and O–H groups in total. The highest BCUT2D eigenvalue weighted by molar-refractivity contribution is 5.78. The number of rotatable bonds is 3. The molecule has 0 heterocycles. The number of hydrogen-bond acceptors (Lipinski definition) is 2. The maximum Gasteiger partial charge on any atom is 0.225 e. The zero-order chi connectivity index (χ0) is 11.8. The van der Waals surface area contributed by atoms with E-state index in [-0.39, 0.29) is 11.8 Å².